The molecule has 1 saturated heterocycles. The number of ketones is 1. The molecule has 5 nitrogen and oxygen atoms in total. The molecular formula is C11H16O5. The summed E-state index contributed by atoms with van der Waals surface area (Å²) in [5, 5.41) is 0. The Labute approximate surface area is 94.0 Å². The summed E-state index contributed by atoms with van der Waals surface area (Å²) in [5.74, 6) is -1.15. The van der Waals surface area contributed by atoms with E-state index < -0.39 is 11.9 Å². The van der Waals surface area contributed by atoms with Crippen LogP contribution in [0.25, 0.3) is 0 Å². The number of carbonyl (C=O) groups excluding carboxylic acids is 2. The van der Waals surface area contributed by atoms with E-state index in [4.69, 9.17) is 9.47 Å². The van der Waals surface area contributed by atoms with Crippen LogP contribution in [0.2, 0.25) is 0 Å². The zero-order valence-electron chi connectivity index (χ0n) is 9.69. The first-order chi connectivity index (χ1) is 7.43. The van der Waals surface area contributed by atoms with Gasteiger partial charge in [-0.05, 0) is 13.8 Å². The number of ether oxygens (including phenoxy) is 3. The summed E-state index contributed by atoms with van der Waals surface area (Å²) in [6, 6.07) is 0. The summed E-state index contributed by atoms with van der Waals surface area (Å²) in [6.45, 7) is 3.54. The molecule has 2 rings (SSSR count). The van der Waals surface area contributed by atoms with Crippen molar-refractivity contribution in [3.05, 3.63) is 0 Å². The van der Waals surface area contributed by atoms with Crippen molar-refractivity contribution >= 4 is 11.8 Å². The van der Waals surface area contributed by atoms with E-state index in [1.54, 1.807) is 13.8 Å². The van der Waals surface area contributed by atoms with Gasteiger partial charge in [-0.3, -0.25) is 9.59 Å². The van der Waals surface area contributed by atoms with Crippen molar-refractivity contribution in [3.63, 3.8) is 0 Å². The standard InChI is InChI=1S/C11H16O5/c1-11(2)15-9-6(5-8(13)14-3)4-7(12)10(9)16-11/h6,9-10H,4-5H2,1-3H3/t6?,9-,10+/m0/s1. The maximum atomic E-state index is 11.7. The third-order valence-corrected chi connectivity index (χ3v) is 3.03. The molecule has 0 spiro atoms. The lowest BCUT2D eigenvalue weighted by Gasteiger charge is -2.20. The maximum absolute atomic E-state index is 11.7. The first kappa shape index (κ1) is 11.5. The molecule has 2 aliphatic rings. The fraction of sp³-hybridized carbons (Fsp3) is 0.818. The van der Waals surface area contributed by atoms with Crippen LogP contribution in [0.15, 0.2) is 0 Å². The second-order valence-corrected chi connectivity index (χ2v) is 4.73. The normalized spacial score (nSPS) is 36.2. The lowest BCUT2D eigenvalue weighted by molar-refractivity contribution is -0.165. The van der Waals surface area contributed by atoms with Crippen LogP contribution in [-0.2, 0) is 23.8 Å². The lowest BCUT2D eigenvalue weighted by Crippen LogP contribution is -2.27. The fourth-order valence-electron chi connectivity index (χ4n) is 2.36. The summed E-state index contributed by atoms with van der Waals surface area (Å²) in [5.41, 5.74) is 0. The van der Waals surface area contributed by atoms with Gasteiger partial charge in [-0.15, -0.1) is 0 Å². The Bertz CT molecular complexity index is 322. The highest BCUT2D eigenvalue weighted by molar-refractivity contribution is 5.87. The quantitative estimate of drug-likeness (QED) is 0.650. The molecule has 1 aliphatic heterocycles. The zero-order valence-corrected chi connectivity index (χ0v) is 9.69. The number of rotatable bonds is 2. The van der Waals surface area contributed by atoms with E-state index in [9.17, 15) is 9.59 Å². The van der Waals surface area contributed by atoms with Crippen molar-refractivity contribution in [1.82, 2.24) is 0 Å². The summed E-state index contributed by atoms with van der Waals surface area (Å²) in [7, 11) is 1.34. The number of hydrogen-bond donors (Lipinski definition) is 0. The molecule has 1 unspecified atom stereocenters. The molecule has 90 valence electrons. The van der Waals surface area contributed by atoms with Gasteiger partial charge in [0.25, 0.3) is 0 Å². The van der Waals surface area contributed by atoms with Gasteiger partial charge in [0.2, 0.25) is 0 Å². The Kier molecular flexibility index (Phi) is 2.75. The largest absolute Gasteiger partial charge is 0.469 e. The molecule has 16 heavy (non-hydrogen) atoms. The van der Waals surface area contributed by atoms with Crippen LogP contribution in [-0.4, -0.2) is 36.9 Å². The minimum Gasteiger partial charge on any atom is -0.469 e. The average molecular weight is 228 g/mol. The Balaban J connectivity index is 2.07. The van der Waals surface area contributed by atoms with Gasteiger partial charge >= 0.3 is 5.97 Å². The third kappa shape index (κ3) is 1.97. The highest BCUT2D eigenvalue weighted by Gasteiger charge is 2.53. The molecule has 0 aromatic carbocycles. The predicted molar refractivity (Wildman–Crippen MR) is 53.6 cm³/mol. The number of fused-ring (bicyclic) bond motifs is 1. The maximum Gasteiger partial charge on any atom is 0.305 e. The van der Waals surface area contributed by atoms with Crippen LogP contribution < -0.4 is 0 Å². The second kappa shape index (κ2) is 3.82. The van der Waals surface area contributed by atoms with Crippen LogP contribution in [0.1, 0.15) is 26.7 Å². The van der Waals surface area contributed by atoms with Crippen LogP contribution in [0, 0.1) is 5.92 Å². The zero-order chi connectivity index (χ0) is 11.9. The Morgan fingerprint density at radius 3 is 2.81 bits per heavy atom. The molecular weight excluding hydrogens is 212 g/mol. The topological polar surface area (TPSA) is 61.8 Å². The van der Waals surface area contributed by atoms with Gasteiger partial charge in [-0.2, -0.15) is 0 Å². The van der Waals surface area contributed by atoms with Gasteiger partial charge in [0.15, 0.2) is 11.6 Å². The molecule has 3 atom stereocenters. The summed E-state index contributed by atoms with van der Waals surface area (Å²) in [4.78, 5) is 22.9. The second-order valence-electron chi connectivity index (χ2n) is 4.73. The number of hydrogen-bond acceptors (Lipinski definition) is 5. The van der Waals surface area contributed by atoms with E-state index in [1.807, 2.05) is 0 Å². The molecule has 0 aromatic heterocycles. The highest BCUT2D eigenvalue weighted by atomic mass is 16.8. The minimum atomic E-state index is -0.736. The van der Waals surface area contributed by atoms with Crippen LogP contribution >= 0.6 is 0 Å². The Hall–Kier alpha value is -0.940. The highest BCUT2D eigenvalue weighted by Crippen LogP contribution is 2.40. The van der Waals surface area contributed by atoms with E-state index in [-0.39, 0.29) is 30.2 Å². The number of esters is 1. The van der Waals surface area contributed by atoms with Crippen molar-refractivity contribution in [2.75, 3.05) is 7.11 Å². The molecule has 1 saturated carbocycles. The molecule has 1 aliphatic carbocycles. The number of Topliss-reactive ketones (excluding diaryl/α,β-unsaturated/α-hetero) is 1. The Morgan fingerprint density at radius 2 is 2.19 bits per heavy atom. The summed E-state index contributed by atoms with van der Waals surface area (Å²) in [6.07, 6.45) is -0.269. The van der Waals surface area contributed by atoms with E-state index in [1.165, 1.54) is 7.11 Å². The van der Waals surface area contributed by atoms with Crippen molar-refractivity contribution in [1.29, 1.82) is 0 Å². The minimum absolute atomic E-state index is 0.0180. The van der Waals surface area contributed by atoms with Gasteiger partial charge in [-0.1, -0.05) is 0 Å². The number of methoxy groups -OCH3 is 1. The van der Waals surface area contributed by atoms with Crippen molar-refractivity contribution in [2.45, 2.75) is 44.7 Å². The first-order valence-electron chi connectivity index (χ1n) is 5.38. The monoisotopic (exact) mass is 228 g/mol. The Morgan fingerprint density at radius 1 is 1.50 bits per heavy atom. The van der Waals surface area contributed by atoms with E-state index >= 15 is 0 Å². The third-order valence-electron chi connectivity index (χ3n) is 3.03. The number of carbonyl (C=O) groups is 2. The van der Waals surface area contributed by atoms with Gasteiger partial charge < -0.3 is 14.2 Å². The van der Waals surface area contributed by atoms with Crippen LogP contribution in [0.5, 0.6) is 0 Å². The van der Waals surface area contributed by atoms with Crippen LogP contribution in [0.3, 0.4) is 0 Å². The molecule has 1 heterocycles. The van der Waals surface area contributed by atoms with E-state index in [0.717, 1.165) is 0 Å². The van der Waals surface area contributed by atoms with Gasteiger partial charge in [0, 0.05) is 12.3 Å². The molecule has 5 heteroatoms. The predicted octanol–water partition coefficient (Wildman–Crippen LogP) is 0.659. The first-order valence-corrected chi connectivity index (χ1v) is 5.38. The van der Waals surface area contributed by atoms with Crippen molar-refractivity contribution in [2.24, 2.45) is 5.92 Å². The van der Waals surface area contributed by atoms with Crippen molar-refractivity contribution < 1.29 is 23.8 Å². The molecule has 0 amide bonds. The van der Waals surface area contributed by atoms with E-state index in [2.05, 4.69) is 4.74 Å². The lowest BCUT2D eigenvalue weighted by atomic mass is 10.0. The van der Waals surface area contributed by atoms with Gasteiger partial charge in [-0.25, -0.2) is 0 Å². The van der Waals surface area contributed by atoms with Crippen molar-refractivity contribution in [3.8, 4) is 0 Å². The van der Waals surface area contributed by atoms with Gasteiger partial charge in [0.1, 0.15) is 6.10 Å². The van der Waals surface area contributed by atoms with Crippen LogP contribution in [0.4, 0.5) is 0 Å². The summed E-state index contributed by atoms with van der Waals surface area (Å²) >= 11 is 0. The molecule has 0 aromatic rings. The molecule has 0 bridgehead atoms. The van der Waals surface area contributed by atoms with E-state index in [0.29, 0.717) is 6.42 Å². The smallest absolute Gasteiger partial charge is 0.305 e. The molecule has 0 N–H and O–H groups in total. The molecule has 0 radical (unpaired) electrons. The SMILES string of the molecule is COC(=O)CC1CC(=O)[C@H]2OC(C)(C)O[C@@H]12. The molecule has 2 fully saturated rings. The van der Waals surface area contributed by atoms with Gasteiger partial charge in [0.05, 0.1) is 19.6 Å². The summed E-state index contributed by atoms with van der Waals surface area (Å²) < 4.78 is 15.8. The average Bonchev–Trinajstić information content (AvgIpc) is 2.64. The fourth-order valence-corrected chi connectivity index (χ4v) is 2.36.